The van der Waals surface area contributed by atoms with Gasteiger partial charge in [-0.05, 0) is 87.2 Å². The van der Waals surface area contributed by atoms with Crippen LogP contribution in [0.15, 0.2) is 17.4 Å². The molecule has 0 aromatic heterocycles. The van der Waals surface area contributed by atoms with Crippen molar-refractivity contribution in [2.24, 2.45) is 23.2 Å². The molecule has 0 aliphatic heterocycles. The summed E-state index contributed by atoms with van der Waals surface area (Å²) in [5.74, 6) is 23.1. The van der Waals surface area contributed by atoms with Crippen LogP contribution < -0.4 is 0 Å². The second-order valence-corrected chi connectivity index (χ2v) is 13.0. The fourth-order valence-corrected chi connectivity index (χ4v) is 6.71. The summed E-state index contributed by atoms with van der Waals surface area (Å²) in [7, 11) is 0. The molecule has 0 saturated carbocycles. The van der Waals surface area contributed by atoms with Crippen LogP contribution in [0.25, 0.3) is 0 Å². The molecule has 0 aliphatic rings. The van der Waals surface area contributed by atoms with Gasteiger partial charge in [-0.15, -0.1) is 66.4 Å². The molecule has 0 amide bonds. The van der Waals surface area contributed by atoms with Crippen LogP contribution in [0, 0.1) is 83.9 Å². The maximum Gasteiger partial charge on any atom is 0.0262 e. The Labute approximate surface area is 282 Å². The third kappa shape index (κ3) is 20.1. The Hall–Kier alpha value is -2.68. The molecule has 0 rings (SSSR count). The van der Waals surface area contributed by atoms with Crippen molar-refractivity contribution in [1.29, 1.82) is 0 Å². The van der Waals surface area contributed by atoms with Crippen LogP contribution in [0.1, 0.15) is 182 Å². The predicted molar refractivity (Wildman–Crippen MR) is 201 cm³/mol. The topological polar surface area (TPSA) is 0 Å². The zero-order valence-electron chi connectivity index (χ0n) is 30.3. The van der Waals surface area contributed by atoms with Crippen molar-refractivity contribution < 1.29 is 0 Å². The lowest BCUT2D eigenvalue weighted by molar-refractivity contribution is 0.122. The second-order valence-electron chi connectivity index (χ2n) is 13.0. The molecule has 0 radical (unpaired) electrons. The molecule has 0 bridgehead atoms. The van der Waals surface area contributed by atoms with Gasteiger partial charge in [0.15, 0.2) is 0 Å². The van der Waals surface area contributed by atoms with E-state index >= 15 is 0 Å². The summed E-state index contributed by atoms with van der Waals surface area (Å²) >= 11 is 0. The first-order valence-electron chi connectivity index (χ1n) is 18.6. The Bertz CT molecular complexity index is 1050. The minimum atomic E-state index is 0.0155. The first kappa shape index (κ1) is 42.3. The normalized spacial score (nSPS) is 13.6. The number of unbranched alkanes of at least 4 members (excludes halogenated alkanes) is 11. The van der Waals surface area contributed by atoms with E-state index in [4.69, 9.17) is 19.3 Å². The molecule has 0 N–H and O–H groups in total. The second kappa shape index (κ2) is 30.0. The van der Waals surface area contributed by atoms with E-state index in [1.807, 2.05) is 6.92 Å². The van der Waals surface area contributed by atoms with E-state index in [-0.39, 0.29) is 11.3 Å². The van der Waals surface area contributed by atoms with E-state index in [1.165, 1.54) is 69.8 Å². The van der Waals surface area contributed by atoms with E-state index < -0.39 is 0 Å². The van der Waals surface area contributed by atoms with Crippen LogP contribution >= 0.6 is 0 Å². The van der Waals surface area contributed by atoms with Gasteiger partial charge in [0.05, 0.1) is 0 Å². The Morgan fingerprint density at radius 1 is 0.689 bits per heavy atom. The van der Waals surface area contributed by atoms with Gasteiger partial charge in [0.25, 0.3) is 0 Å². The summed E-state index contributed by atoms with van der Waals surface area (Å²) < 4.78 is 0. The van der Waals surface area contributed by atoms with Gasteiger partial charge in [-0.1, -0.05) is 91.9 Å². The van der Waals surface area contributed by atoms with Gasteiger partial charge in [0.2, 0.25) is 0 Å². The van der Waals surface area contributed by atoms with E-state index in [0.29, 0.717) is 11.8 Å². The largest absolute Gasteiger partial charge is 0.125 e. The average molecular weight is 609 g/mol. The zero-order chi connectivity index (χ0) is 33.4. The highest BCUT2D eigenvalue weighted by atomic mass is 14.4. The molecule has 0 saturated heterocycles. The van der Waals surface area contributed by atoms with E-state index in [0.717, 1.165) is 83.5 Å². The van der Waals surface area contributed by atoms with Gasteiger partial charge < -0.3 is 0 Å². The third-order valence-electron chi connectivity index (χ3n) is 9.65. The Morgan fingerprint density at radius 2 is 1.31 bits per heavy atom. The number of hydrogen-bond acceptors (Lipinski definition) is 0. The summed E-state index contributed by atoms with van der Waals surface area (Å²) in [6.45, 7) is 11.1. The summed E-state index contributed by atoms with van der Waals surface area (Å²) in [5, 5.41) is 0. The molecule has 0 nitrogen and oxygen atoms in total. The van der Waals surface area contributed by atoms with Crippen molar-refractivity contribution in [3.8, 4) is 60.7 Å². The highest BCUT2D eigenvalue weighted by Crippen LogP contribution is 2.47. The van der Waals surface area contributed by atoms with Crippen molar-refractivity contribution in [3.05, 3.63) is 17.4 Å². The fourth-order valence-electron chi connectivity index (χ4n) is 6.71. The van der Waals surface area contributed by atoms with E-state index in [1.54, 1.807) is 0 Å². The van der Waals surface area contributed by atoms with Gasteiger partial charge in [-0.25, -0.2) is 0 Å². The van der Waals surface area contributed by atoms with Crippen molar-refractivity contribution in [1.82, 2.24) is 0 Å². The maximum atomic E-state index is 6.43. The van der Waals surface area contributed by atoms with Crippen LogP contribution in [0.4, 0.5) is 0 Å². The molecule has 0 aliphatic carbocycles. The zero-order valence-corrected chi connectivity index (χ0v) is 30.3. The van der Waals surface area contributed by atoms with Gasteiger partial charge in [-0.3, -0.25) is 0 Å². The molecular formula is C45H68. The molecule has 45 heavy (non-hydrogen) atoms. The Kier molecular flexibility index (Phi) is 28.2. The smallest absolute Gasteiger partial charge is 0.0262 e. The summed E-state index contributed by atoms with van der Waals surface area (Å²) in [6.07, 6.45) is 45.8. The van der Waals surface area contributed by atoms with Crippen molar-refractivity contribution in [3.63, 3.8) is 0 Å². The number of allylic oxidation sites excluding steroid dienone is 1. The number of hydrogen-bond donors (Lipinski definition) is 0. The lowest BCUT2D eigenvalue weighted by atomic mass is 9.61. The van der Waals surface area contributed by atoms with Crippen molar-refractivity contribution in [2.45, 2.75) is 182 Å². The van der Waals surface area contributed by atoms with Crippen molar-refractivity contribution >= 4 is 0 Å². The minimum absolute atomic E-state index is 0.0155. The molecule has 0 heterocycles. The molecule has 0 aromatic rings. The summed E-state index contributed by atoms with van der Waals surface area (Å²) in [4.78, 5) is 0. The third-order valence-corrected chi connectivity index (χ3v) is 9.65. The maximum absolute atomic E-state index is 6.43. The lowest BCUT2D eigenvalue weighted by Crippen LogP contribution is -2.35. The molecule has 4 atom stereocenters. The summed E-state index contributed by atoms with van der Waals surface area (Å²) in [5.41, 5.74) is 5.35. The molecule has 0 fully saturated rings. The van der Waals surface area contributed by atoms with Gasteiger partial charge >= 0.3 is 0 Å². The molecule has 0 spiro atoms. The number of rotatable bonds is 26. The van der Waals surface area contributed by atoms with Crippen LogP contribution in [-0.2, 0) is 0 Å². The standard InChI is InChI=1S/C45H68/c1-9-16-21-25-26-27-28-29-33-39-45(38-32-24-19-12-4,41(8)44(15-7)43(14-6)36-20-13-5)40-37-42(34-30-22-17-10-2)35-31-23-18-11-3/h1,4,7,40-41,43-44H,10,13-14,16,19-21,23-36,38-39H2,2-3,5-6,8H3. The first-order chi connectivity index (χ1) is 22.0. The quantitative estimate of drug-likeness (QED) is 0.0520. The molecule has 0 heteroatoms. The van der Waals surface area contributed by atoms with Gasteiger partial charge in [-0.2, -0.15) is 0 Å². The molecule has 248 valence electrons. The van der Waals surface area contributed by atoms with Crippen molar-refractivity contribution in [2.75, 3.05) is 0 Å². The average Bonchev–Trinajstić information content (AvgIpc) is 3.05. The molecule has 4 unspecified atom stereocenters. The summed E-state index contributed by atoms with van der Waals surface area (Å²) in [6, 6.07) is 0. The van der Waals surface area contributed by atoms with Gasteiger partial charge in [0, 0.05) is 38.0 Å². The van der Waals surface area contributed by atoms with Gasteiger partial charge in [0.1, 0.15) is 0 Å². The predicted octanol–water partition coefficient (Wildman–Crippen LogP) is 12.9. The Morgan fingerprint density at radius 3 is 1.89 bits per heavy atom. The SMILES string of the molecule is C#CCCCCCCCCCC(C=C=C(CCC#CCC)CCCC#CC)(CCCCC#C)C(C)C(C#C)C(CC)CCCC. The highest BCUT2D eigenvalue weighted by molar-refractivity contribution is 5.14. The number of terminal acetylenes is 3. The molecular weight excluding hydrogens is 540 g/mol. The van der Waals surface area contributed by atoms with Crippen LogP contribution in [-0.4, -0.2) is 0 Å². The first-order valence-corrected chi connectivity index (χ1v) is 18.6. The van der Waals surface area contributed by atoms with Crippen LogP contribution in [0.5, 0.6) is 0 Å². The van der Waals surface area contributed by atoms with E-state index in [9.17, 15) is 0 Å². The fraction of sp³-hybridized carbons (Fsp3) is 0.711. The van der Waals surface area contributed by atoms with E-state index in [2.05, 4.69) is 80.9 Å². The minimum Gasteiger partial charge on any atom is -0.125 e. The molecule has 0 aromatic carbocycles. The van der Waals surface area contributed by atoms with Crippen LogP contribution in [0.2, 0.25) is 0 Å². The Balaban J connectivity index is 6.50. The lowest BCUT2D eigenvalue weighted by Gasteiger charge is -2.42. The monoisotopic (exact) mass is 609 g/mol. The van der Waals surface area contributed by atoms with Crippen LogP contribution in [0.3, 0.4) is 0 Å². The highest BCUT2D eigenvalue weighted by Gasteiger charge is 2.39.